The number of benzene rings is 1. The Balaban J connectivity index is 1.27. The van der Waals surface area contributed by atoms with E-state index in [1.54, 1.807) is 12.3 Å². The van der Waals surface area contributed by atoms with Gasteiger partial charge in [0.1, 0.15) is 5.82 Å². The summed E-state index contributed by atoms with van der Waals surface area (Å²) in [7, 11) is 0. The Labute approximate surface area is 193 Å². The van der Waals surface area contributed by atoms with Gasteiger partial charge in [-0.2, -0.15) is 0 Å². The summed E-state index contributed by atoms with van der Waals surface area (Å²) >= 11 is 0. The van der Waals surface area contributed by atoms with Crippen LogP contribution in [0.2, 0.25) is 0 Å². The highest BCUT2D eigenvalue weighted by atomic mass is 16.5. The maximum atomic E-state index is 13.0. The van der Waals surface area contributed by atoms with Crippen LogP contribution < -0.4 is 15.2 Å². The predicted molar refractivity (Wildman–Crippen MR) is 126 cm³/mol. The van der Waals surface area contributed by atoms with Gasteiger partial charge in [0.15, 0.2) is 11.5 Å². The Morgan fingerprint density at radius 1 is 1.09 bits per heavy atom. The molecule has 0 bridgehead atoms. The molecule has 1 fully saturated rings. The lowest BCUT2D eigenvalue weighted by molar-refractivity contribution is -0.129. The standard InChI is InChI=1S/C26H28N4O3/c1-17-11-21(19-4-6-25(27)28-15-19)14-22(29-17)20-7-8-30(16-20)26(31)13-18-3-5-23-24(12-18)33-10-2-9-32-23/h3-6,11-12,14-15,20H,2,7-10,13,16H2,1H3,(H2,27,28). The first-order chi connectivity index (χ1) is 16.0. The van der Waals surface area contributed by atoms with Crippen LogP contribution in [0.4, 0.5) is 5.82 Å². The molecule has 0 saturated carbocycles. The van der Waals surface area contributed by atoms with Gasteiger partial charge in [0.2, 0.25) is 5.91 Å². The number of pyridine rings is 2. The number of aryl methyl sites for hydroxylation is 1. The molecule has 1 saturated heterocycles. The van der Waals surface area contributed by atoms with E-state index >= 15 is 0 Å². The third kappa shape index (κ3) is 4.77. The molecule has 170 valence electrons. The quantitative estimate of drug-likeness (QED) is 0.659. The minimum absolute atomic E-state index is 0.127. The smallest absolute Gasteiger partial charge is 0.227 e. The molecule has 4 heterocycles. The molecule has 3 aromatic rings. The molecule has 1 aromatic carbocycles. The molecule has 0 radical (unpaired) electrons. The summed E-state index contributed by atoms with van der Waals surface area (Å²) in [5.41, 5.74) is 10.7. The molecule has 1 unspecified atom stereocenters. The van der Waals surface area contributed by atoms with Crippen LogP contribution in [0.1, 0.15) is 35.7 Å². The Bertz CT molecular complexity index is 1160. The number of carbonyl (C=O) groups excluding carboxylic acids is 1. The zero-order valence-electron chi connectivity index (χ0n) is 18.8. The van der Waals surface area contributed by atoms with Crippen molar-refractivity contribution in [3.05, 3.63) is 65.6 Å². The highest BCUT2D eigenvalue weighted by Crippen LogP contribution is 2.32. The highest BCUT2D eigenvalue weighted by molar-refractivity contribution is 5.79. The molecular formula is C26H28N4O3. The van der Waals surface area contributed by atoms with Crippen LogP contribution in [0.3, 0.4) is 0 Å². The Morgan fingerprint density at radius 2 is 1.94 bits per heavy atom. The number of ether oxygens (including phenoxy) is 2. The van der Waals surface area contributed by atoms with Crippen molar-refractivity contribution >= 4 is 11.7 Å². The molecule has 33 heavy (non-hydrogen) atoms. The lowest BCUT2D eigenvalue weighted by atomic mass is 9.99. The van der Waals surface area contributed by atoms with Crippen molar-refractivity contribution in [2.24, 2.45) is 0 Å². The summed E-state index contributed by atoms with van der Waals surface area (Å²) in [6, 6.07) is 13.7. The predicted octanol–water partition coefficient (Wildman–Crippen LogP) is 3.75. The number of hydrogen-bond donors (Lipinski definition) is 1. The number of aromatic nitrogens is 2. The molecule has 2 aliphatic heterocycles. The van der Waals surface area contributed by atoms with Crippen LogP contribution in [0, 0.1) is 6.92 Å². The molecule has 2 N–H and O–H groups in total. The van der Waals surface area contributed by atoms with Gasteiger partial charge in [0, 0.05) is 48.6 Å². The van der Waals surface area contributed by atoms with Crippen molar-refractivity contribution in [2.45, 2.75) is 32.1 Å². The number of carbonyl (C=O) groups is 1. The number of anilines is 1. The fourth-order valence-corrected chi connectivity index (χ4v) is 4.48. The molecule has 5 rings (SSSR count). The first-order valence-corrected chi connectivity index (χ1v) is 11.4. The van der Waals surface area contributed by atoms with Gasteiger partial charge in [-0.1, -0.05) is 6.07 Å². The summed E-state index contributed by atoms with van der Waals surface area (Å²) in [6.45, 7) is 4.71. The van der Waals surface area contributed by atoms with Gasteiger partial charge in [-0.15, -0.1) is 0 Å². The molecule has 1 atom stereocenters. The zero-order chi connectivity index (χ0) is 22.8. The molecule has 2 aliphatic rings. The van der Waals surface area contributed by atoms with Crippen LogP contribution in [-0.2, 0) is 11.2 Å². The van der Waals surface area contributed by atoms with Gasteiger partial charge in [-0.3, -0.25) is 9.78 Å². The maximum Gasteiger partial charge on any atom is 0.227 e. The van der Waals surface area contributed by atoms with E-state index in [2.05, 4.69) is 17.1 Å². The van der Waals surface area contributed by atoms with Gasteiger partial charge < -0.3 is 20.1 Å². The van der Waals surface area contributed by atoms with E-state index in [0.717, 1.165) is 59.0 Å². The number of nitrogens with zero attached hydrogens (tertiary/aromatic N) is 3. The number of fused-ring (bicyclic) bond motifs is 1. The van der Waals surface area contributed by atoms with Crippen molar-refractivity contribution in [2.75, 3.05) is 32.0 Å². The molecule has 0 aliphatic carbocycles. The topological polar surface area (TPSA) is 90.6 Å². The van der Waals surface area contributed by atoms with Crippen LogP contribution in [-0.4, -0.2) is 47.1 Å². The van der Waals surface area contributed by atoms with Gasteiger partial charge in [0.25, 0.3) is 0 Å². The Kier molecular flexibility index (Phi) is 5.86. The number of rotatable bonds is 4. The van der Waals surface area contributed by atoms with E-state index < -0.39 is 0 Å². The summed E-state index contributed by atoms with van der Waals surface area (Å²) in [5.74, 6) is 2.33. The van der Waals surface area contributed by atoms with Crippen LogP contribution >= 0.6 is 0 Å². The fraction of sp³-hybridized carbons (Fsp3) is 0.346. The average molecular weight is 445 g/mol. The van der Waals surface area contributed by atoms with Crippen molar-refractivity contribution in [1.82, 2.24) is 14.9 Å². The average Bonchev–Trinajstić information content (AvgIpc) is 3.19. The number of nitrogens with two attached hydrogens (primary N) is 1. The maximum absolute atomic E-state index is 13.0. The lowest BCUT2D eigenvalue weighted by Crippen LogP contribution is -2.30. The van der Waals surface area contributed by atoms with Crippen LogP contribution in [0.25, 0.3) is 11.1 Å². The Morgan fingerprint density at radius 3 is 2.76 bits per heavy atom. The first-order valence-electron chi connectivity index (χ1n) is 11.4. The second-order valence-corrected chi connectivity index (χ2v) is 8.73. The molecule has 1 amide bonds. The van der Waals surface area contributed by atoms with E-state index in [4.69, 9.17) is 20.2 Å². The monoisotopic (exact) mass is 444 g/mol. The third-order valence-electron chi connectivity index (χ3n) is 6.22. The van der Waals surface area contributed by atoms with Crippen LogP contribution in [0.5, 0.6) is 11.5 Å². The van der Waals surface area contributed by atoms with Crippen molar-refractivity contribution < 1.29 is 14.3 Å². The number of amides is 1. The van der Waals surface area contributed by atoms with Gasteiger partial charge in [-0.25, -0.2) is 4.98 Å². The fourth-order valence-electron chi connectivity index (χ4n) is 4.48. The van der Waals surface area contributed by atoms with E-state index in [-0.39, 0.29) is 11.8 Å². The first kappa shape index (κ1) is 21.2. The van der Waals surface area contributed by atoms with Crippen molar-refractivity contribution in [3.8, 4) is 22.6 Å². The minimum Gasteiger partial charge on any atom is -0.490 e. The lowest BCUT2D eigenvalue weighted by Gasteiger charge is -2.18. The minimum atomic E-state index is 0.127. The van der Waals surface area contributed by atoms with Gasteiger partial charge in [-0.05, 0) is 60.9 Å². The van der Waals surface area contributed by atoms with Gasteiger partial charge in [0.05, 0.1) is 19.6 Å². The number of hydrogen-bond acceptors (Lipinski definition) is 6. The van der Waals surface area contributed by atoms with E-state index in [1.807, 2.05) is 36.1 Å². The molecule has 0 spiro atoms. The molecule has 2 aromatic heterocycles. The number of likely N-dealkylation sites (tertiary alicyclic amines) is 1. The second-order valence-electron chi connectivity index (χ2n) is 8.73. The number of nitrogen functional groups attached to an aromatic ring is 1. The van der Waals surface area contributed by atoms with Gasteiger partial charge >= 0.3 is 0 Å². The van der Waals surface area contributed by atoms with E-state index in [9.17, 15) is 4.79 Å². The van der Waals surface area contributed by atoms with E-state index in [0.29, 0.717) is 32.0 Å². The third-order valence-corrected chi connectivity index (χ3v) is 6.22. The summed E-state index contributed by atoms with van der Waals surface area (Å²) < 4.78 is 11.5. The molecule has 7 nitrogen and oxygen atoms in total. The van der Waals surface area contributed by atoms with Crippen molar-refractivity contribution in [1.29, 1.82) is 0 Å². The summed E-state index contributed by atoms with van der Waals surface area (Å²) in [6.07, 6.45) is 3.91. The summed E-state index contributed by atoms with van der Waals surface area (Å²) in [4.78, 5) is 24.0. The van der Waals surface area contributed by atoms with E-state index in [1.165, 1.54) is 0 Å². The Hall–Kier alpha value is -3.61. The molecule has 7 heteroatoms. The summed E-state index contributed by atoms with van der Waals surface area (Å²) in [5, 5.41) is 0. The van der Waals surface area contributed by atoms with Crippen LogP contribution in [0.15, 0.2) is 48.7 Å². The zero-order valence-corrected chi connectivity index (χ0v) is 18.8. The highest BCUT2D eigenvalue weighted by Gasteiger charge is 2.29. The SMILES string of the molecule is Cc1cc(-c2ccc(N)nc2)cc(C2CCN(C(=O)Cc3ccc4c(c3)OCCCO4)C2)n1. The van der Waals surface area contributed by atoms with Crippen molar-refractivity contribution in [3.63, 3.8) is 0 Å². The second kappa shape index (κ2) is 9.10. The largest absolute Gasteiger partial charge is 0.490 e. The molecular weight excluding hydrogens is 416 g/mol. The normalized spacial score (nSPS) is 17.6.